The molecule has 45 heavy (non-hydrogen) atoms. The fourth-order valence-corrected chi connectivity index (χ4v) is 6.65. The highest BCUT2D eigenvalue weighted by atomic mass is 16.3. The Balaban J connectivity index is 1.48. The molecule has 8 aromatic carbocycles. The molecule has 0 saturated carbocycles. The Morgan fingerprint density at radius 2 is 0.911 bits per heavy atom. The van der Waals surface area contributed by atoms with Crippen molar-refractivity contribution >= 4 is 43.5 Å². The van der Waals surface area contributed by atoms with Crippen molar-refractivity contribution in [3.8, 4) is 44.5 Å². The zero-order chi connectivity index (χ0) is 35.0. The molecule has 0 unspecified atom stereocenters. The van der Waals surface area contributed by atoms with E-state index in [1.807, 2.05) is 84.9 Å². The third kappa shape index (κ3) is 4.09. The summed E-state index contributed by atoms with van der Waals surface area (Å²) in [6, 6.07) is 42.7. The first-order chi connectivity index (χ1) is 24.9. The fraction of sp³-hybridized carbons (Fsp3) is 0. The second-order valence-corrected chi connectivity index (χ2v) is 11.1. The standard InChI is InChI=1S/C44H28O/c1-3-14-29(15-4-1)31-26-27-40-39(28-31)44-38(24-13-25-41(44)45-40)43-36-22-11-9-20-34(36)42(35-21-10-12-23-37(35)43)33-19-8-7-18-32(33)30-16-5-2-6-17-30/h1-28H/i13D,24D,25D,26D,27D,28D. The molecule has 0 aliphatic carbocycles. The lowest BCUT2D eigenvalue weighted by Gasteiger charge is -2.20. The molecule has 1 heterocycles. The van der Waals surface area contributed by atoms with Gasteiger partial charge in [0.2, 0.25) is 0 Å². The molecule has 9 aromatic rings. The molecular formula is C44H28O. The number of fused-ring (bicyclic) bond motifs is 5. The van der Waals surface area contributed by atoms with Crippen LogP contribution in [0.15, 0.2) is 174 Å². The molecule has 0 radical (unpaired) electrons. The van der Waals surface area contributed by atoms with Gasteiger partial charge < -0.3 is 4.42 Å². The SMILES string of the molecule is [2H]c1c(-c2ccccc2)c([2H])c2c(oc3c([2H])c([2H])c([2H])c(-c4c5ccccc5c(-c5ccccc5-c5ccccc5)c5ccccc45)c32)c1[2H]. The Kier molecular flexibility index (Phi) is 4.63. The van der Waals surface area contributed by atoms with Gasteiger partial charge in [0, 0.05) is 10.8 Å². The van der Waals surface area contributed by atoms with Gasteiger partial charge in [0.25, 0.3) is 0 Å². The minimum atomic E-state index is -0.310. The summed E-state index contributed by atoms with van der Waals surface area (Å²) in [5.74, 6) is 0. The topological polar surface area (TPSA) is 13.1 Å². The van der Waals surface area contributed by atoms with E-state index in [4.69, 9.17) is 9.90 Å². The van der Waals surface area contributed by atoms with Crippen molar-refractivity contribution in [2.45, 2.75) is 0 Å². The second kappa shape index (κ2) is 10.4. The molecular weight excluding hydrogens is 544 g/mol. The average Bonchev–Trinajstić information content (AvgIpc) is 3.58. The summed E-state index contributed by atoms with van der Waals surface area (Å²) < 4.78 is 61.0. The molecule has 9 rings (SSSR count). The first-order valence-corrected chi connectivity index (χ1v) is 15.0. The molecule has 0 fully saturated rings. The predicted octanol–water partition coefficient (Wildman–Crippen LogP) is 12.6. The van der Waals surface area contributed by atoms with E-state index in [1.54, 1.807) is 12.1 Å². The van der Waals surface area contributed by atoms with Crippen LogP contribution in [0.5, 0.6) is 0 Å². The summed E-state index contributed by atoms with van der Waals surface area (Å²) in [6.07, 6.45) is 0. The molecule has 0 amide bonds. The van der Waals surface area contributed by atoms with Crippen molar-refractivity contribution in [1.82, 2.24) is 0 Å². The Hall–Kier alpha value is -5.92. The molecule has 0 spiro atoms. The quantitative estimate of drug-likeness (QED) is 0.189. The van der Waals surface area contributed by atoms with Crippen LogP contribution in [-0.4, -0.2) is 0 Å². The molecule has 0 atom stereocenters. The lowest BCUT2D eigenvalue weighted by molar-refractivity contribution is 0.669. The summed E-state index contributed by atoms with van der Waals surface area (Å²) in [6.45, 7) is 0. The van der Waals surface area contributed by atoms with Gasteiger partial charge in [0.05, 0.1) is 8.22 Å². The van der Waals surface area contributed by atoms with Crippen LogP contribution in [0.25, 0.3) is 88.0 Å². The molecule has 210 valence electrons. The van der Waals surface area contributed by atoms with E-state index in [-0.39, 0.29) is 58.4 Å². The van der Waals surface area contributed by atoms with Gasteiger partial charge in [-0.1, -0.05) is 152 Å². The van der Waals surface area contributed by atoms with Crippen molar-refractivity contribution in [2.24, 2.45) is 0 Å². The summed E-state index contributed by atoms with van der Waals surface area (Å²) in [7, 11) is 0. The number of benzene rings is 8. The van der Waals surface area contributed by atoms with Crippen molar-refractivity contribution in [3.63, 3.8) is 0 Å². The highest BCUT2D eigenvalue weighted by molar-refractivity contribution is 6.26. The van der Waals surface area contributed by atoms with Crippen LogP contribution in [-0.2, 0) is 0 Å². The lowest BCUT2D eigenvalue weighted by atomic mass is 9.83. The van der Waals surface area contributed by atoms with Crippen molar-refractivity contribution in [2.75, 3.05) is 0 Å². The Morgan fingerprint density at radius 3 is 1.56 bits per heavy atom. The monoisotopic (exact) mass is 578 g/mol. The van der Waals surface area contributed by atoms with E-state index in [2.05, 4.69) is 36.4 Å². The van der Waals surface area contributed by atoms with Crippen molar-refractivity contribution in [1.29, 1.82) is 0 Å². The van der Waals surface area contributed by atoms with Gasteiger partial charge in [-0.05, 0) is 84.2 Å². The van der Waals surface area contributed by atoms with Gasteiger partial charge in [-0.3, -0.25) is 0 Å². The van der Waals surface area contributed by atoms with Crippen molar-refractivity contribution in [3.05, 3.63) is 170 Å². The molecule has 0 aliphatic rings. The van der Waals surface area contributed by atoms with Gasteiger partial charge in [-0.2, -0.15) is 0 Å². The maximum atomic E-state index is 9.51. The van der Waals surface area contributed by atoms with Gasteiger partial charge >= 0.3 is 0 Å². The molecule has 0 saturated heterocycles. The van der Waals surface area contributed by atoms with Gasteiger partial charge in [0.15, 0.2) is 0 Å². The predicted molar refractivity (Wildman–Crippen MR) is 190 cm³/mol. The maximum absolute atomic E-state index is 9.51. The zero-order valence-electron chi connectivity index (χ0n) is 30.1. The van der Waals surface area contributed by atoms with Crippen molar-refractivity contribution < 1.29 is 12.6 Å². The number of hydrogen-bond donors (Lipinski definition) is 0. The number of hydrogen-bond acceptors (Lipinski definition) is 1. The molecule has 1 nitrogen and oxygen atoms in total. The third-order valence-electron chi connectivity index (χ3n) is 8.60. The first-order valence-electron chi connectivity index (χ1n) is 18.0. The molecule has 0 N–H and O–H groups in total. The van der Waals surface area contributed by atoms with Gasteiger partial charge in [-0.15, -0.1) is 0 Å². The third-order valence-corrected chi connectivity index (χ3v) is 8.60. The lowest BCUT2D eigenvalue weighted by Crippen LogP contribution is -1.93. The smallest absolute Gasteiger partial charge is 0.136 e. The molecule has 1 heteroatoms. The zero-order valence-corrected chi connectivity index (χ0v) is 24.1. The van der Waals surface area contributed by atoms with E-state index < -0.39 is 0 Å². The van der Waals surface area contributed by atoms with E-state index in [0.29, 0.717) is 22.1 Å². The Labute approximate surface area is 270 Å². The summed E-state index contributed by atoms with van der Waals surface area (Å²) in [4.78, 5) is 0. The molecule has 0 aliphatic heterocycles. The van der Waals surface area contributed by atoms with E-state index in [9.17, 15) is 2.74 Å². The highest BCUT2D eigenvalue weighted by Gasteiger charge is 2.21. The number of rotatable bonds is 4. The van der Waals surface area contributed by atoms with E-state index >= 15 is 0 Å². The number of furan rings is 1. The van der Waals surface area contributed by atoms with Crippen LogP contribution in [0, 0.1) is 0 Å². The van der Waals surface area contributed by atoms with E-state index in [0.717, 1.165) is 43.8 Å². The summed E-state index contributed by atoms with van der Waals surface area (Å²) >= 11 is 0. The van der Waals surface area contributed by atoms with E-state index in [1.165, 1.54) is 0 Å². The summed E-state index contributed by atoms with van der Waals surface area (Å²) in [5, 5.41) is 4.17. The van der Waals surface area contributed by atoms with Gasteiger partial charge in [0.1, 0.15) is 11.2 Å². The van der Waals surface area contributed by atoms with Crippen LogP contribution in [0.4, 0.5) is 0 Å². The minimum Gasteiger partial charge on any atom is -0.456 e. The second-order valence-electron chi connectivity index (χ2n) is 11.1. The minimum absolute atomic E-state index is 0.00134. The van der Waals surface area contributed by atoms with Crippen LogP contribution in [0.2, 0.25) is 0 Å². The molecule has 0 bridgehead atoms. The van der Waals surface area contributed by atoms with Crippen LogP contribution in [0.1, 0.15) is 8.22 Å². The van der Waals surface area contributed by atoms with Crippen LogP contribution in [0.3, 0.4) is 0 Å². The van der Waals surface area contributed by atoms with Crippen LogP contribution >= 0.6 is 0 Å². The summed E-state index contributed by atoms with van der Waals surface area (Å²) in [5.41, 5.74) is 6.24. The maximum Gasteiger partial charge on any atom is 0.136 e. The highest BCUT2D eigenvalue weighted by Crippen LogP contribution is 2.48. The normalized spacial score (nSPS) is 13.4. The molecule has 1 aromatic heterocycles. The van der Waals surface area contributed by atoms with Gasteiger partial charge in [-0.25, -0.2) is 0 Å². The largest absolute Gasteiger partial charge is 0.456 e. The van der Waals surface area contributed by atoms with Crippen LogP contribution < -0.4 is 0 Å². The first kappa shape index (κ1) is 20.1. The fourth-order valence-electron chi connectivity index (χ4n) is 6.65. The Bertz CT molecular complexity index is 2800. The Morgan fingerprint density at radius 1 is 0.378 bits per heavy atom. The average molecular weight is 579 g/mol.